The number of nitrogens with zero attached hydrogens (tertiary/aromatic N) is 2. The highest BCUT2D eigenvalue weighted by molar-refractivity contribution is 6.40. The van der Waals surface area contributed by atoms with E-state index in [9.17, 15) is 40.3 Å². The topological polar surface area (TPSA) is 62.3 Å². The fourth-order valence-corrected chi connectivity index (χ4v) is 4.18. The van der Waals surface area contributed by atoms with Crippen molar-refractivity contribution in [1.82, 2.24) is 4.98 Å². The zero-order valence-electron chi connectivity index (χ0n) is 19.8. The van der Waals surface area contributed by atoms with Crippen LogP contribution in [-0.4, -0.2) is 35.7 Å². The minimum absolute atomic E-state index is 0.0470. The van der Waals surface area contributed by atoms with Gasteiger partial charge in [0, 0.05) is 35.8 Å². The van der Waals surface area contributed by atoms with E-state index >= 15 is 0 Å². The zero-order valence-corrected chi connectivity index (χ0v) is 21.3. The molecule has 1 heterocycles. The average molecular weight is 596 g/mol. The fraction of sp³-hybridized carbons (Fsp3) is 0.240. The molecule has 0 saturated carbocycles. The highest BCUT2D eigenvalue weighted by Crippen LogP contribution is 2.54. The van der Waals surface area contributed by atoms with E-state index in [2.05, 4.69) is 10.3 Å². The van der Waals surface area contributed by atoms with Gasteiger partial charge in [0.25, 0.3) is 11.8 Å². The molecule has 1 N–H and O–H groups in total. The number of hydrogen-bond acceptors (Lipinski definition) is 3. The summed E-state index contributed by atoms with van der Waals surface area (Å²) in [5.74, 6) is -1.30. The second-order valence-electron chi connectivity index (χ2n) is 8.17. The molecule has 1 aromatic heterocycles. The first kappa shape index (κ1) is 30.2. The number of rotatable bonds is 7. The van der Waals surface area contributed by atoms with Crippen LogP contribution in [0.15, 0.2) is 60.9 Å². The molecule has 2 amide bonds. The van der Waals surface area contributed by atoms with Gasteiger partial charge in [0.15, 0.2) is 0 Å². The minimum Gasteiger partial charge on any atom is -0.319 e. The van der Waals surface area contributed by atoms with E-state index in [1.165, 1.54) is 35.5 Å². The van der Waals surface area contributed by atoms with E-state index in [1.54, 1.807) is 18.2 Å². The first-order valence-electron chi connectivity index (χ1n) is 11.1. The number of pyridine rings is 1. The zero-order chi connectivity index (χ0) is 29.2. The molecule has 208 valence electrons. The van der Waals surface area contributed by atoms with E-state index in [0.29, 0.717) is 17.7 Å². The van der Waals surface area contributed by atoms with Crippen LogP contribution >= 0.6 is 23.2 Å². The van der Waals surface area contributed by atoms with Gasteiger partial charge in [0.2, 0.25) is 0 Å². The van der Waals surface area contributed by atoms with Gasteiger partial charge in [-0.15, -0.1) is 0 Å². The summed E-state index contributed by atoms with van der Waals surface area (Å²) in [6.45, 7) is 2.11. The number of benzene rings is 2. The third-order valence-electron chi connectivity index (χ3n) is 5.48. The van der Waals surface area contributed by atoms with E-state index < -0.39 is 51.1 Å². The number of aromatic nitrogens is 1. The predicted octanol–water partition coefficient (Wildman–Crippen LogP) is 7.99. The molecule has 0 aliphatic heterocycles. The van der Waals surface area contributed by atoms with Gasteiger partial charge in [-0.3, -0.25) is 14.6 Å². The Morgan fingerprint density at radius 3 is 2.00 bits per heavy atom. The minimum atomic E-state index is -6.37. The summed E-state index contributed by atoms with van der Waals surface area (Å²) in [5.41, 5.74) is -7.63. The number of nitrogens with one attached hydrogen (secondary N) is 1. The lowest BCUT2D eigenvalue weighted by molar-refractivity contribution is -0.348. The Morgan fingerprint density at radius 1 is 0.897 bits per heavy atom. The summed E-state index contributed by atoms with van der Waals surface area (Å²) in [6.07, 6.45) is -9.32. The molecule has 0 fully saturated rings. The lowest BCUT2D eigenvalue weighted by atomic mass is 9.94. The van der Waals surface area contributed by atoms with Crippen LogP contribution < -0.4 is 10.2 Å². The number of carbonyl (C=O) groups is 2. The highest BCUT2D eigenvalue weighted by atomic mass is 35.5. The largest absolute Gasteiger partial charge is 0.435 e. The number of hydrogen-bond donors (Lipinski definition) is 1. The third kappa shape index (κ3) is 6.11. The van der Waals surface area contributed by atoms with E-state index in [1.807, 2.05) is 6.92 Å². The molecule has 14 heteroatoms. The molecule has 0 unspecified atom stereocenters. The van der Waals surface area contributed by atoms with Gasteiger partial charge in [-0.25, -0.2) is 4.39 Å². The Balaban J connectivity index is 1.94. The first-order valence-corrected chi connectivity index (χ1v) is 11.8. The van der Waals surface area contributed by atoms with Crippen LogP contribution in [0.3, 0.4) is 0 Å². The Hall–Kier alpha value is -3.38. The van der Waals surface area contributed by atoms with Crippen molar-refractivity contribution in [3.63, 3.8) is 0 Å². The molecule has 2 aromatic carbocycles. The molecular formula is C25H18Cl2F7N3O2. The molecule has 5 nitrogen and oxygen atoms in total. The van der Waals surface area contributed by atoms with Crippen molar-refractivity contribution in [1.29, 1.82) is 0 Å². The maximum absolute atomic E-state index is 14.4. The molecule has 0 spiro atoms. The molecule has 0 radical (unpaired) electrons. The van der Waals surface area contributed by atoms with Crippen molar-refractivity contribution < 1.29 is 40.3 Å². The SMILES string of the molecule is CCCN(C(=O)c1cccnc1)c1cccc(C(=O)Nc2c(Cl)cc(C(F)(C(F)(F)F)C(F)(F)F)cc2Cl)c1. The first-order chi connectivity index (χ1) is 18.1. The fourth-order valence-electron chi connectivity index (χ4n) is 3.60. The molecular weight excluding hydrogens is 578 g/mol. The van der Waals surface area contributed by atoms with Gasteiger partial charge in [0.05, 0.1) is 21.3 Å². The van der Waals surface area contributed by atoms with Crippen molar-refractivity contribution in [2.75, 3.05) is 16.8 Å². The number of carbonyl (C=O) groups excluding carboxylic acids is 2. The maximum atomic E-state index is 14.4. The van der Waals surface area contributed by atoms with Gasteiger partial charge in [-0.2, -0.15) is 26.3 Å². The van der Waals surface area contributed by atoms with Gasteiger partial charge in [-0.05, 0) is 48.9 Å². The monoisotopic (exact) mass is 595 g/mol. The maximum Gasteiger partial charge on any atom is 0.435 e. The number of halogens is 9. The van der Waals surface area contributed by atoms with Crippen molar-refractivity contribution >= 4 is 46.4 Å². The van der Waals surface area contributed by atoms with Crippen LogP contribution in [0.5, 0.6) is 0 Å². The molecule has 0 atom stereocenters. The van der Waals surface area contributed by atoms with Crippen LogP contribution in [-0.2, 0) is 5.67 Å². The summed E-state index contributed by atoms with van der Waals surface area (Å²) in [4.78, 5) is 31.2. The second-order valence-corrected chi connectivity index (χ2v) is 8.99. The van der Waals surface area contributed by atoms with Crippen LogP contribution in [0.2, 0.25) is 10.0 Å². The smallest absolute Gasteiger partial charge is 0.319 e. The molecule has 0 aliphatic rings. The van der Waals surface area contributed by atoms with Crippen molar-refractivity contribution in [3.05, 3.63) is 87.7 Å². The van der Waals surface area contributed by atoms with Crippen molar-refractivity contribution in [2.24, 2.45) is 0 Å². The lowest BCUT2D eigenvalue weighted by Gasteiger charge is -2.30. The van der Waals surface area contributed by atoms with E-state index in [-0.39, 0.29) is 24.2 Å². The molecule has 3 aromatic rings. The van der Waals surface area contributed by atoms with E-state index in [4.69, 9.17) is 23.2 Å². The van der Waals surface area contributed by atoms with Gasteiger partial charge in [0.1, 0.15) is 0 Å². The van der Waals surface area contributed by atoms with Crippen LogP contribution in [0.4, 0.5) is 42.1 Å². The molecule has 39 heavy (non-hydrogen) atoms. The summed E-state index contributed by atoms with van der Waals surface area (Å²) in [7, 11) is 0. The number of alkyl halides is 7. The van der Waals surface area contributed by atoms with Crippen LogP contribution in [0, 0.1) is 0 Å². The number of amides is 2. The third-order valence-corrected chi connectivity index (χ3v) is 6.08. The Labute approximate surface area is 227 Å². The van der Waals surface area contributed by atoms with Gasteiger partial charge < -0.3 is 10.2 Å². The van der Waals surface area contributed by atoms with Crippen LogP contribution in [0.1, 0.15) is 39.6 Å². The molecule has 3 rings (SSSR count). The average Bonchev–Trinajstić information content (AvgIpc) is 2.87. The Kier molecular flexibility index (Phi) is 8.81. The van der Waals surface area contributed by atoms with Crippen molar-refractivity contribution in [3.8, 4) is 0 Å². The normalized spacial score (nSPS) is 12.3. The van der Waals surface area contributed by atoms with E-state index in [0.717, 1.165) is 0 Å². The summed E-state index contributed by atoms with van der Waals surface area (Å²) in [6, 6.07) is 9.03. The van der Waals surface area contributed by atoms with Gasteiger partial charge >= 0.3 is 18.0 Å². The second kappa shape index (κ2) is 11.4. The van der Waals surface area contributed by atoms with Crippen molar-refractivity contribution in [2.45, 2.75) is 31.4 Å². The molecule has 0 bridgehead atoms. The number of anilines is 2. The molecule has 0 aliphatic carbocycles. The summed E-state index contributed by atoms with van der Waals surface area (Å²) >= 11 is 11.7. The Bertz CT molecular complexity index is 1330. The molecule has 0 saturated heterocycles. The summed E-state index contributed by atoms with van der Waals surface area (Å²) < 4.78 is 93.2. The summed E-state index contributed by atoms with van der Waals surface area (Å²) in [5, 5.41) is 0.481. The van der Waals surface area contributed by atoms with Gasteiger partial charge in [-0.1, -0.05) is 36.2 Å². The quantitative estimate of drug-likeness (QED) is 0.282. The predicted molar refractivity (Wildman–Crippen MR) is 132 cm³/mol. The standard InChI is InChI=1S/C25H18Cl2F7N3O2/c1-2-9-37(22(39)15-6-4-8-35-13-15)17-7-3-5-14(10-17)21(38)36-20-18(26)11-16(12-19(20)27)23(28,24(29,30)31)25(32,33)34/h3-8,10-13H,2,9H2,1H3,(H,36,38). The lowest BCUT2D eigenvalue weighted by Crippen LogP contribution is -2.50. The van der Waals surface area contributed by atoms with Crippen LogP contribution in [0.25, 0.3) is 0 Å². The Morgan fingerprint density at radius 2 is 1.49 bits per heavy atom. The highest BCUT2D eigenvalue weighted by Gasteiger charge is 2.73.